The van der Waals surface area contributed by atoms with Crippen LogP contribution in [0, 0.1) is 21.4 Å². The first kappa shape index (κ1) is 21.2. The Hall–Kier alpha value is -3.99. The van der Waals surface area contributed by atoms with E-state index in [1.807, 2.05) is 6.07 Å². The minimum absolute atomic E-state index is 0.0353. The van der Waals surface area contributed by atoms with Gasteiger partial charge < -0.3 is 4.42 Å². The highest BCUT2D eigenvalue weighted by Gasteiger charge is 2.40. The van der Waals surface area contributed by atoms with Gasteiger partial charge in [0.15, 0.2) is 0 Å². The fraction of sp³-hybridized carbons (Fsp3) is 0.292. The molecule has 32 heavy (non-hydrogen) atoms. The van der Waals surface area contributed by atoms with Gasteiger partial charge in [0.05, 0.1) is 4.92 Å². The standard InChI is InChI=1S/C24H21N3O5/c1-15-20(23(28)26(24(29)21(15)14-25)17-7-3-2-4-8-17)13-19-10-11-22(32-19)16-6-5-9-18(12-16)27(30)31/h5-6,9-13,17H,2-4,7-8H2,1H3/b20-13+. The van der Waals surface area contributed by atoms with Crippen LogP contribution in [0.4, 0.5) is 5.69 Å². The first-order valence-corrected chi connectivity index (χ1v) is 10.5. The maximum Gasteiger partial charge on any atom is 0.271 e. The van der Waals surface area contributed by atoms with Gasteiger partial charge in [0, 0.05) is 29.3 Å². The number of carbonyl (C=O) groups excluding carboxylic acids is 2. The van der Waals surface area contributed by atoms with Gasteiger partial charge in [-0.25, -0.2) is 0 Å². The molecule has 1 aromatic carbocycles. The van der Waals surface area contributed by atoms with E-state index < -0.39 is 16.7 Å². The molecule has 1 aromatic heterocycles. The SMILES string of the molecule is CC1=C(C#N)C(=O)N(C2CCCCC2)C(=O)/C1=C/c1ccc(-c2cccc([N+](=O)[O-])c2)o1. The Bertz CT molecular complexity index is 1210. The van der Waals surface area contributed by atoms with Gasteiger partial charge in [-0.05, 0) is 43.5 Å². The van der Waals surface area contributed by atoms with Crippen LogP contribution < -0.4 is 0 Å². The summed E-state index contributed by atoms with van der Waals surface area (Å²) >= 11 is 0. The number of nitrogens with zero attached hydrogens (tertiary/aromatic N) is 3. The number of carbonyl (C=O) groups is 2. The Morgan fingerprint density at radius 1 is 1.16 bits per heavy atom. The van der Waals surface area contributed by atoms with Crippen LogP contribution >= 0.6 is 0 Å². The van der Waals surface area contributed by atoms with E-state index in [2.05, 4.69) is 0 Å². The molecule has 1 aliphatic carbocycles. The molecule has 8 heteroatoms. The van der Waals surface area contributed by atoms with E-state index in [-0.39, 0.29) is 22.9 Å². The predicted octanol–water partition coefficient (Wildman–Crippen LogP) is 4.78. The number of amides is 2. The summed E-state index contributed by atoms with van der Waals surface area (Å²) in [5.74, 6) is -0.196. The smallest absolute Gasteiger partial charge is 0.271 e. The molecule has 2 aromatic rings. The monoisotopic (exact) mass is 431 g/mol. The summed E-state index contributed by atoms with van der Waals surface area (Å²) in [4.78, 5) is 37.9. The lowest BCUT2D eigenvalue weighted by atomic mass is 9.89. The summed E-state index contributed by atoms with van der Waals surface area (Å²) in [5, 5.41) is 20.6. The third-order valence-corrected chi connectivity index (χ3v) is 5.97. The first-order chi connectivity index (χ1) is 15.4. The van der Waals surface area contributed by atoms with Crippen LogP contribution in [-0.2, 0) is 9.59 Å². The van der Waals surface area contributed by atoms with E-state index in [1.165, 1.54) is 23.1 Å². The lowest BCUT2D eigenvalue weighted by Gasteiger charge is -2.36. The molecule has 4 rings (SSSR count). The Kier molecular flexibility index (Phi) is 5.73. The molecule has 8 nitrogen and oxygen atoms in total. The number of benzene rings is 1. The number of rotatable bonds is 4. The van der Waals surface area contributed by atoms with Gasteiger partial charge in [-0.2, -0.15) is 5.26 Å². The van der Waals surface area contributed by atoms with Crippen molar-refractivity contribution in [1.29, 1.82) is 5.26 Å². The number of nitriles is 1. The van der Waals surface area contributed by atoms with Gasteiger partial charge in [-0.15, -0.1) is 0 Å². The summed E-state index contributed by atoms with van der Waals surface area (Å²) in [7, 11) is 0. The second-order valence-electron chi connectivity index (χ2n) is 7.95. The largest absolute Gasteiger partial charge is 0.457 e. The number of hydrogen-bond donors (Lipinski definition) is 0. The second-order valence-corrected chi connectivity index (χ2v) is 7.95. The van der Waals surface area contributed by atoms with Crippen molar-refractivity contribution in [2.45, 2.75) is 45.1 Å². The van der Waals surface area contributed by atoms with Crippen LogP contribution in [-0.4, -0.2) is 27.7 Å². The van der Waals surface area contributed by atoms with Crippen molar-refractivity contribution < 1.29 is 18.9 Å². The molecule has 0 saturated heterocycles. The molecule has 162 valence electrons. The van der Waals surface area contributed by atoms with E-state index in [0.717, 1.165) is 32.1 Å². The number of nitro benzene ring substituents is 1. The number of nitro groups is 1. The Labute approximate surface area is 184 Å². The fourth-order valence-corrected chi connectivity index (χ4v) is 4.27. The highest BCUT2D eigenvalue weighted by Crippen LogP contribution is 2.33. The molecule has 0 N–H and O–H groups in total. The molecule has 0 spiro atoms. The van der Waals surface area contributed by atoms with Crippen LogP contribution in [0.1, 0.15) is 44.8 Å². The Morgan fingerprint density at radius 3 is 2.59 bits per heavy atom. The summed E-state index contributed by atoms with van der Waals surface area (Å²) < 4.78 is 5.82. The quantitative estimate of drug-likeness (QED) is 0.298. The maximum absolute atomic E-state index is 13.3. The molecule has 0 atom stereocenters. The summed E-state index contributed by atoms with van der Waals surface area (Å²) in [6.45, 7) is 1.59. The number of hydrogen-bond acceptors (Lipinski definition) is 6. The molecular weight excluding hydrogens is 410 g/mol. The average molecular weight is 431 g/mol. The zero-order valence-corrected chi connectivity index (χ0v) is 17.5. The topological polar surface area (TPSA) is 117 Å². The van der Waals surface area contributed by atoms with Crippen LogP contribution in [0.2, 0.25) is 0 Å². The van der Waals surface area contributed by atoms with E-state index in [0.29, 0.717) is 22.7 Å². The van der Waals surface area contributed by atoms with Gasteiger partial charge in [-0.3, -0.25) is 24.6 Å². The van der Waals surface area contributed by atoms with Gasteiger partial charge >= 0.3 is 0 Å². The zero-order valence-electron chi connectivity index (χ0n) is 17.5. The van der Waals surface area contributed by atoms with E-state index >= 15 is 0 Å². The highest BCUT2D eigenvalue weighted by molar-refractivity contribution is 6.19. The Morgan fingerprint density at radius 2 is 1.91 bits per heavy atom. The van der Waals surface area contributed by atoms with Crippen LogP contribution in [0.3, 0.4) is 0 Å². The summed E-state index contributed by atoms with van der Waals surface area (Å²) in [6, 6.07) is 11.1. The molecule has 0 bridgehead atoms. The van der Waals surface area contributed by atoms with Crippen molar-refractivity contribution in [2.24, 2.45) is 0 Å². The number of imide groups is 1. The van der Waals surface area contributed by atoms with Crippen molar-refractivity contribution in [3.63, 3.8) is 0 Å². The molecule has 2 heterocycles. The van der Waals surface area contributed by atoms with Crippen molar-refractivity contribution >= 4 is 23.6 Å². The Balaban J connectivity index is 1.71. The average Bonchev–Trinajstić information content (AvgIpc) is 3.27. The van der Waals surface area contributed by atoms with E-state index in [1.54, 1.807) is 31.2 Å². The maximum atomic E-state index is 13.3. The molecule has 2 aliphatic rings. The van der Waals surface area contributed by atoms with Gasteiger partial charge in [-0.1, -0.05) is 31.4 Å². The number of non-ortho nitro benzene ring substituents is 1. The fourth-order valence-electron chi connectivity index (χ4n) is 4.27. The van der Waals surface area contributed by atoms with Crippen molar-refractivity contribution in [3.05, 3.63) is 69.0 Å². The molecule has 1 saturated carbocycles. The summed E-state index contributed by atoms with van der Waals surface area (Å²) in [5.41, 5.74) is 1.00. The first-order valence-electron chi connectivity index (χ1n) is 10.5. The molecule has 1 fully saturated rings. The minimum atomic E-state index is -0.532. The van der Waals surface area contributed by atoms with Gasteiger partial charge in [0.25, 0.3) is 17.5 Å². The van der Waals surface area contributed by atoms with Gasteiger partial charge in [0.2, 0.25) is 0 Å². The van der Waals surface area contributed by atoms with Gasteiger partial charge in [0.1, 0.15) is 23.2 Å². The minimum Gasteiger partial charge on any atom is -0.457 e. The normalized spacial score (nSPS) is 18.9. The molecule has 1 aliphatic heterocycles. The third kappa shape index (κ3) is 3.85. The zero-order chi connectivity index (χ0) is 22.8. The van der Waals surface area contributed by atoms with Crippen molar-refractivity contribution in [3.8, 4) is 17.4 Å². The molecular formula is C24H21N3O5. The molecule has 0 unspecified atom stereocenters. The molecule has 2 amide bonds. The van der Waals surface area contributed by atoms with Crippen LogP contribution in [0.25, 0.3) is 17.4 Å². The second kappa shape index (κ2) is 8.63. The predicted molar refractivity (Wildman–Crippen MR) is 116 cm³/mol. The van der Waals surface area contributed by atoms with E-state index in [4.69, 9.17) is 4.42 Å². The third-order valence-electron chi connectivity index (χ3n) is 5.97. The van der Waals surface area contributed by atoms with Crippen molar-refractivity contribution in [1.82, 2.24) is 4.90 Å². The van der Waals surface area contributed by atoms with Crippen molar-refractivity contribution in [2.75, 3.05) is 0 Å². The van der Waals surface area contributed by atoms with E-state index in [9.17, 15) is 25.0 Å². The summed E-state index contributed by atoms with van der Waals surface area (Å²) in [6.07, 6.45) is 5.95. The lowest BCUT2D eigenvalue weighted by Crippen LogP contribution is -2.49. The van der Waals surface area contributed by atoms with Crippen LogP contribution in [0.5, 0.6) is 0 Å². The van der Waals surface area contributed by atoms with Crippen LogP contribution in [0.15, 0.2) is 57.5 Å². The molecule has 0 radical (unpaired) electrons. The highest BCUT2D eigenvalue weighted by atomic mass is 16.6. The lowest BCUT2D eigenvalue weighted by molar-refractivity contribution is -0.384. The number of furan rings is 1.